The Balaban J connectivity index is 1.47. The number of rotatable bonds is 5. The molecule has 1 aromatic carbocycles. The van der Waals surface area contributed by atoms with Crippen LogP contribution in [0.15, 0.2) is 48.7 Å². The summed E-state index contributed by atoms with van der Waals surface area (Å²) >= 11 is 0. The maximum absolute atomic E-state index is 12.0. The molecular weight excluding hydrogens is 312 g/mol. The average molecular weight is 336 g/mol. The van der Waals surface area contributed by atoms with Crippen molar-refractivity contribution < 1.29 is 9.90 Å². The molecule has 1 unspecified atom stereocenters. The van der Waals surface area contributed by atoms with Crippen LogP contribution in [0.3, 0.4) is 0 Å². The van der Waals surface area contributed by atoms with Gasteiger partial charge in [-0.05, 0) is 42.4 Å². The Kier molecular flexibility index (Phi) is 4.30. The molecule has 1 atom stereocenters. The molecule has 130 valence electrons. The molecule has 0 spiro atoms. The first-order chi connectivity index (χ1) is 12.2. The van der Waals surface area contributed by atoms with Crippen LogP contribution in [0.1, 0.15) is 48.4 Å². The van der Waals surface area contributed by atoms with E-state index in [2.05, 4.69) is 22.0 Å². The smallest absolute Gasteiger partial charge is 0.315 e. The molecule has 1 aromatic heterocycles. The second kappa shape index (κ2) is 6.60. The van der Waals surface area contributed by atoms with Crippen LogP contribution in [0.4, 0.5) is 0 Å². The van der Waals surface area contributed by atoms with Crippen LogP contribution in [0, 0.1) is 0 Å². The average Bonchev–Trinajstić information content (AvgIpc) is 3.01. The van der Waals surface area contributed by atoms with Crippen LogP contribution in [-0.4, -0.2) is 34.0 Å². The van der Waals surface area contributed by atoms with Crippen LogP contribution in [0.5, 0.6) is 0 Å². The van der Waals surface area contributed by atoms with Crippen molar-refractivity contribution in [1.82, 2.24) is 9.88 Å². The van der Waals surface area contributed by atoms with Crippen LogP contribution in [0.2, 0.25) is 0 Å². The predicted octanol–water partition coefficient (Wildman–Crippen LogP) is 3.58. The minimum Gasteiger partial charge on any atom is -0.481 e. The van der Waals surface area contributed by atoms with Crippen LogP contribution < -0.4 is 0 Å². The lowest BCUT2D eigenvalue weighted by molar-refractivity contribution is -0.143. The Bertz CT molecular complexity index is 740. The highest BCUT2D eigenvalue weighted by Gasteiger charge is 2.46. The summed E-state index contributed by atoms with van der Waals surface area (Å²) in [6.07, 6.45) is 6.55. The molecule has 2 fully saturated rings. The number of hydrogen-bond donors (Lipinski definition) is 1. The summed E-state index contributed by atoms with van der Waals surface area (Å²) in [5.41, 5.74) is 2.48. The van der Waals surface area contributed by atoms with Gasteiger partial charge in [0.15, 0.2) is 0 Å². The van der Waals surface area contributed by atoms with Gasteiger partial charge in [-0.25, -0.2) is 0 Å². The van der Waals surface area contributed by atoms with Crippen molar-refractivity contribution >= 4 is 5.97 Å². The van der Waals surface area contributed by atoms with Crippen molar-refractivity contribution in [2.75, 3.05) is 13.1 Å². The number of aromatic nitrogens is 1. The zero-order valence-electron chi connectivity index (χ0n) is 14.4. The standard InChI is InChI=1S/C21H24N2O2/c24-20(25)21(18-7-2-1-3-8-18)11-12-23(15-21)14-19-10-9-17(13-22-19)16-5-4-6-16/h1-3,7-10,13,16H,4-6,11-12,14-15H2,(H,24,25). The molecule has 2 aliphatic rings. The maximum atomic E-state index is 12.0. The van der Waals surface area contributed by atoms with E-state index in [1.165, 1.54) is 24.8 Å². The second-order valence-electron chi connectivity index (χ2n) is 7.42. The fraction of sp³-hybridized carbons (Fsp3) is 0.429. The van der Waals surface area contributed by atoms with E-state index in [0.29, 0.717) is 25.4 Å². The summed E-state index contributed by atoms with van der Waals surface area (Å²) in [6, 6.07) is 13.9. The lowest BCUT2D eigenvalue weighted by Crippen LogP contribution is -2.38. The van der Waals surface area contributed by atoms with Crippen molar-refractivity contribution in [2.24, 2.45) is 0 Å². The van der Waals surface area contributed by atoms with Gasteiger partial charge in [-0.2, -0.15) is 0 Å². The zero-order chi connectivity index (χ0) is 17.3. The number of carboxylic acids is 1. The molecule has 2 heterocycles. The highest BCUT2D eigenvalue weighted by Crippen LogP contribution is 2.37. The van der Waals surface area contributed by atoms with E-state index in [0.717, 1.165) is 17.8 Å². The number of hydrogen-bond acceptors (Lipinski definition) is 3. The van der Waals surface area contributed by atoms with Gasteiger partial charge in [0.2, 0.25) is 0 Å². The normalized spacial score (nSPS) is 24.2. The Hall–Kier alpha value is -2.20. The maximum Gasteiger partial charge on any atom is 0.315 e. The summed E-state index contributed by atoms with van der Waals surface area (Å²) in [6.45, 7) is 2.04. The molecule has 0 amide bonds. The van der Waals surface area contributed by atoms with Crippen LogP contribution >= 0.6 is 0 Å². The molecule has 1 aliphatic carbocycles. The Morgan fingerprint density at radius 1 is 1.20 bits per heavy atom. The van der Waals surface area contributed by atoms with E-state index in [9.17, 15) is 9.90 Å². The lowest BCUT2D eigenvalue weighted by atomic mass is 9.80. The summed E-state index contributed by atoms with van der Waals surface area (Å²) in [5.74, 6) is -0.0273. The number of carbonyl (C=O) groups is 1. The van der Waals surface area contributed by atoms with Crippen molar-refractivity contribution in [3.8, 4) is 0 Å². The summed E-state index contributed by atoms with van der Waals surface area (Å²) in [4.78, 5) is 18.9. The molecule has 2 aromatic rings. The fourth-order valence-corrected chi connectivity index (χ4v) is 4.06. The van der Waals surface area contributed by atoms with Crippen molar-refractivity contribution in [3.05, 3.63) is 65.5 Å². The monoisotopic (exact) mass is 336 g/mol. The summed E-state index contributed by atoms with van der Waals surface area (Å²) in [7, 11) is 0. The second-order valence-corrected chi connectivity index (χ2v) is 7.42. The largest absolute Gasteiger partial charge is 0.481 e. The highest BCUT2D eigenvalue weighted by atomic mass is 16.4. The molecule has 0 bridgehead atoms. The van der Waals surface area contributed by atoms with Crippen molar-refractivity contribution in [1.29, 1.82) is 0 Å². The van der Waals surface area contributed by atoms with Crippen LogP contribution in [0.25, 0.3) is 0 Å². The van der Waals surface area contributed by atoms with Gasteiger partial charge in [-0.1, -0.05) is 42.8 Å². The van der Waals surface area contributed by atoms with E-state index in [1.54, 1.807) is 0 Å². The predicted molar refractivity (Wildman–Crippen MR) is 96.5 cm³/mol. The Labute approximate surface area is 148 Å². The van der Waals surface area contributed by atoms with Crippen molar-refractivity contribution in [2.45, 2.75) is 43.6 Å². The van der Waals surface area contributed by atoms with Gasteiger partial charge in [-0.15, -0.1) is 0 Å². The van der Waals surface area contributed by atoms with Crippen molar-refractivity contribution in [3.63, 3.8) is 0 Å². The number of pyridine rings is 1. The van der Waals surface area contributed by atoms with Gasteiger partial charge in [0.1, 0.15) is 5.41 Å². The third kappa shape index (κ3) is 3.07. The third-order valence-electron chi connectivity index (χ3n) is 5.89. The van der Waals surface area contributed by atoms with E-state index in [-0.39, 0.29) is 0 Å². The Morgan fingerprint density at radius 2 is 2.00 bits per heavy atom. The first-order valence-corrected chi connectivity index (χ1v) is 9.13. The molecule has 1 aliphatic heterocycles. The number of carboxylic acid groups (broad SMARTS) is 1. The molecular formula is C21H24N2O2. The minimum atomic E-state index is -0.798. The fourth-order valence-electron chi connectivity index (χ4n) is 4.06. The van der Waals surface area contributed by atoms with Gasteiger partial charge >= 0.3 is 5.97 Å². The molecule has 1 saturated heterocycles. The van der Waals surface area contributed by atoms with E-state index < -0.39 is 11.4 Å². The van der Waals surface area contributed by atoms with E-state index in [4.69, 9.17) is 0 Å². The van der Waals surface area contributed by atoms with Gasteiger partial charge in [-0.3, -0.25) is 14.7 Å². The Morgan fingerprint density at radius 3 is 2.60 bits per heavy atom. The summed E-state index contributed by atoms with van der Waals surface area (Å²) in [5, 5.41) is 9.89. The molecule has 4 rings (SSSR count). The third-order valence-corrected chi connectivity index (χ3v) is 5.89. The molecule has 1 saturated carbocycles. The van der Waals surface area contributed by atoms with Crippen LogP contribution in [-0.2, 0) is 16.8 Å². The number of likely N-dealkylation sites (tertiary alicyclic amines) is 1. The quantitative estimate of drug-likeness (QED) is 0.907. The number of nitrogens with zero attached hydrogens (tertiary/aromatic N) is 2. The minimum absolute atomic E-state index is 0.540. The van der Waals surface area contributed by atoms with Gasteiger partial charge in [0.25, 0.3) is 0 Å². The molecule has 0 radical (unpaired) electrons. The van der Waals surface area contributed by atoms with E-state index in [1.807, 2.05) is 36.5 Å². The first-order valence-electron chi connectivity index (χ1n) is 9.13. The molecule has 4 heteroatoms. The SMILES string of the molecule is O=C(O)C1(c2ccccc2)CCN(Cc2ccc(C3CCC3)cn2)C1. The molecule has 4 nitrogen and oxygen atoms in total. The number of benzene rings is 1. The number of aliphatic carboxylic acids is 1. The highest BCUT2D eigenvalue weighted by molar-refractivity contribution is 5.82. The summed E-state index contributed by atoms with van der Waals surface area (Å²) < 4.78 is 0. The van der Waals surface area contributed by atoms with E-state index >= 15 is 0 Å². The van der Waals surface area contributed by atoms with Gasteiger partial charge in [0.05, 0.1) is 5.69 Å². The molecule has 1 N–H and O–H groups in total. The molecule has 25 heavy (non-hydrogen) atoms. The topological polar surface area (TPSA) is 53.4 Å². The van der Waals surface area contributed by atoms with Gasteiger partial charge in [0, 0.05) is 25.8 Å². The van der Waals surface area contributed by atoms with Gasteiger partial charge < -0.3 is 5.11 Å². The zero-order valence-corrected chi connectivity index (χ0v) is 14.4. The lowest BCUT2D eigenvalue weighted by Gasteiger charge is -2.26. The first kappa shape index (κ1) is 16.3.